The Kier molecular flexibility index (Phi) is 3.71. The topological polar surface area (TPSA) is 51.5 Å². The Morgan fingerprint density at radius 1 is 1.47 bits per heavy atom. The Morgan fingerprint density at radius 2 is 2.16 bits per heavy atom. The number of hydrogen-bond acceptors (Lipinski definition) is 2. The number of nitrogens with zero attached hydrogens (tertiary/aromatic N) is 1. The Bertz CT molecular complexity index is 646. The predicted molar refractivity (Wildman–Crippen MR) is 75.2 cm³/mol. The number of ether oxygens (including phenoxy) is 1. The van der Waals surface area contributed by atoms with Crippen LogP contribution < -0.4 is 4.74 Å². The summed E-state index contributed by atoms with van der Waals surface area (Å²) in [5.41, 5.74) is 2.90. The Balaban J connectivity index is 2.67. The number of aryl methyl sites for hydroxylation is 2. The number of halogens is 1. The van der Waals surface area contributed by atoms with Crippen molar-refractivity contribution in [2.75, 3.05) is 7.11 Å². The van der Waals surface area contributed by atoms with E-state index in [1.54, 1.807) is 13.2 Å². The minimum Gasteiger partial charge on any atom is -0.495 e. The zero-order valence-corrected chi connectivity index (χ0v) is 11.9. The van der Waals surface area contributed by atoms with Gasteiger partial charge < -0.3 is 14.4 Å². The molecule has 0 bridgehead atoms. The second kappa shape index (κ2) is 5.13. The molecular formula is C14H16ClNO3. The molecule has 0 atom stereocenters. The summed E-state index contributed by atoms with van der Waals surface area (Å²) in [4.78, 5) is 10.7. The van der Waals surface area contributed by atoms with E-state index in [-0.39, 0.29) is 6.42 Å². The molecule has 0 aliphatic carbocycles. The van der Waals surface area contributed by atoms with Gasteiger partial charge in [-0.1, -0.05) is 11.6 Å². The molecule has 0 radical (unpaired) electrons. The fourth-order valence-electron chi connectivity index (χ4n) is 2.51. The summed E-state index contributed by atoms with van der Waals surface area (Å²) in [6, 6.07) is 3.63. The van der Waals surface area contributed by atoms with E-state index in [1.807, 2.05) is 24.6 Å². The molecule has 2 aromatic rings. The number of carboxylic acid groups (broad SMARTS) is 1. The van der Waals surface area contributed by atoms with E-state index in [4.69, 9.17) is 21.4 Å². The molecule has 0 unspecified atom stereocenters. The number of carbonyl (C=O) groups is 1. The Hall–Kier alpha value is -1.68. The number of methoxy groups -OCH3 is 1. The smallest absolute Gasteiger partial charge is 0.303 e. The molecule has 1 aromatic carbocycles. The lowest BCUT2D eigenvalue weighted by Gasteiger charge is -2.07. The summed E-state index contributed by atoms with van der Waals surface area (Å²) in [7, 11) is 3.52. The van der Waals surface area contributed by atoms with Crippen molar-refractivity contribution in [3.8, 4) is 5.75 Å². The largest absolute Gasteiger partial charge is 0.495 e. The SMILES string of the molecule is COc1ccc(Cl)c2c(C)c(CCC(=O)O)n(C)c12. The van der Waals surface area contributed by atoms with Gasteiger partial charge in [-0.3, -0.25) is 4.79 Å². The van der Waals surface area contributed by atoms with Gasteiger partial charge in [-0.05, 0) is 31.0 Å². The molecule has 0 fully saturated rings. The van der Waals surface area contributed by atoms with Crippen molar-refractivity contribution in [2.24, 2.45) is 7.05 Å². The summed E-state index contributed by atoms with van der Waals surface area (Å²) < 4.78 is 7.33. The van der Waals surface area contributed by atoms with Crippen molar-refractivity contribution < 1.29 is 14.6 Å². The van der Waals surface area contributed by atoms with E-state index in [0.717, 1.165) is 27.9 Å². The maximum absolute atomic E-state index is 10.7. The van der Waals surface area contributed by atoms with Crippen LogP contribution in [0.3, 0.4) is 0 Å². The van der Waals surface area contributed by atoms with Crippen LogP contribution in [0, 0.1) is 6.92 Å². The lowest BCUT2D eigenvalue weighted by Crippen LogP contribution is -2.03. The number of benzene rings is 1. The van der Waals surface area contributed by atoms with Crippen LogP contribution >= 0.6 is 11.6 Å². The third-order valence-corrected chi connectivity index (χ3v) is 3.75. The predicted octanol–water partition coefficient (Wildman–Crippen LogP) is 3.17. The first-order valence-electron chi connectivity index (χ1n) is 5.99. The normalized spacial score (nSPS) is 10.9. The zero-order valence-electron chi connectivity index (χ0n) is 11.2. The molecule has 0 aliphatic heterocycles. The van der Waals surface area contributed by atoms with Crippen molar-refractivity contribution >= 4 is 28.5 Å². The van der Waals surface area contributed by atoms with E-state index in [0.29, 0.717) is 11.4 Å². The number of hydrogen-bond donors (Lipinski definition) is 1. The van der Waals surface area contributed by atoms with Crippen LogP contribution in [0.4, 0.5) is 0 Å². The van der Waals surface area contributed by atoms with Gasteiger partial charge in [-0.15, -0.1) is 0 Å². The number of aromatic nitrogens is 1. The second-order valence-electron chi connectivity index (χ2n) is 4.50. The molecule has 1 N–H and O–H groups in total. The summed E-state index contributed by atoms with van der Waals surface area (Å²) in [5, 5.41) is 10.4. The van der Waals surface area contributed by atoms with Gasteiger partial charge >= 0.3 is 5.97 Å². The van der Waals surface area contributed by atoms with E-state index < -0.39 is 5.97 Å². The monoisotopic (exact) mass is 281 g/mol. The third-order valence-electron chi connectivity index (χ3n) is 3.43. The summed E-state index contributed by atoms with van der Waals surface area (Å²) in [6.45, 7) is 1.96. The molecule has 1 aromatic heterocycles. The Labute approximate surface area is 116 Å². The highest BCUT2D eigenvalue weighted by Gasteiger charge is 2.18. The first-order chi connectivity index (χ1) is 8.97. The number of carboxylic acids is 1. The van der Waals surface area contributed by atoms with Crippen LogP contribution in [-0.2, 0) is 18.3 Å². The lowest BCUT2D eigenvalue weighted by molar-refractivity contribution is -0.136. The molecule has 5 heteroatoms. The highest BCUT2D eigenvalue weighted by Crippen LogP contribution is 2.37. The van der Waals surface area contributed by atoms with Gasteiger partial charge in [-0.25, -0.2) is 0 Å². The van der Waals surface area contributed by atoms with E-state index >= 15 is 0 Å². The van der Waals surface area contributed by atoms with Crippen LogP contribution in [0.25, 0.3) is 10.9 Å². The maximum Gasteiger partial charge on any atom is 0.303 e. The molecule has 0 saturated carbocycles. The average molecular weight is 282 g/mol. The van der Waals surface area contributed by atoms with Crippen molar-refractivity contribution in [1.29, 1.82) is 0 Å². The quantitative estimate of drug-likeness (QED) is 0.936. The second-order valence-corrected chi connectivity index (χ2v) is 4.90. The van der Waals surface area contributed by atoms with E-state index in [2.05, 4.69) is 0 Å². The van der Waals surface area contributed by atoms with Crippen LogP contribution in [-0.4, -0.2) is 22.8 Å². The fourth-order valence-corrected chi connectivity index (χ4v) is 2.81. The first kappa shape index (κ1) is 13.7. The third kappa shape index (κ3) is 2.28. The van der Waals surface area contributed by atoms with Gasteiger partial charge in [0.1, 0.15) is 5.75 Å². The van der Waals surface area contributed by atoms with Gasteiger partial charge in [0.2, 0.25) is 0 Å². The molecule has 0 spiro atoms. The molecule has 102 valence electrons. The van der Waals surface area contributed by atoms with Crippen LogP contribution in [0.2, 0.25) is 5.02 Å². The van der Waals surface area contributed by atoms with Gasteiger partial charge in [0.15, 0.2) is 0 Å². The summed E-state index contributed by atoms with van der Waals surface area (Å²) >= 11 is 6.25. The molecule has 0 amide bonds. The molecule has 2 rings (SSSR count). The molecule has 1 heterocycles. The van der Waals surface area contributed by atoms with E-state index in [1.165, 1.54) is 0 Å². The highest BCUT2D eigenvalue weighted by molar-refractivity contribution is 6.36. The number of fused-ring (bicyclic) bond motifs is 1. The lowest BCUT2D eigenvalue weighted by atomic mass is 10.1. The maximum atomic E-state index is 10.7. The van der Waals surface area contributed by atoms with Gasteiger partial charge in [0.05, 0.1) is 24.1 Å². The molecular weight excluding hydrogens is 266 g/mol. The molecule has 19 heavy (non-hydrogen) atoms. The van der Waals surface area contributed by atoms with Crippen LogP contribution in [0.15, 0.2) is 12.1 Å². The van der Waals surface area contributed by atoms with Crippen molar-refractivity contribution in [3.63, 3.8) is 0 Å². The van der Waals surface area contributed by atoms with Crippen LogP contribution in [0.5, 0.6) is 5.75 Å². The minimum absolute atomic E-state index is 0.102. The zero-order chi connectivity index (χ0) is 14.2. The summed E-state index contributed by atoms with van der Waals surface area (Å²) in [6.07, 6.45) is 0.580. The fraction of sp³-hybridized carbons (Fsp3) is 0.357. The van der Waals surface area contributed by atoms with Crippen molar-refractivity contribution in [3.05, 3.63) is 28.4 Å². The van der Waals surface area contributed by atoms with Gasteiger partial charge in [0.25, 0.3) is 0 Å². The molecule has 4 nitrogen and oxygen atoms in total. The average Bonchev–Trinajstić information content (AvgIpc) is 2.61. The van der Waals surface area contributed by atoms with E-state index in [9.17, 15) is 4.79 Å². The number of rotatable bonds is 4. The van der Waals surface area contributed by atoms with Crippen molar-refractivity contribution in [1.82, 2.24) is 4.57 Å². The molecule has 0 aliphatic rings. The highest BCUT2D eigenvalue weighted by atomic mass is 35.5. The number of aliphatic carboxylic acids is 1. The molecule has 0 saturated heterocycles. The minimum atomic E-state index is -0.803. The first-order valence-corrected chi connectivity index (χ1v) is 6.37. The summed E-state index contributed by atoms with van der Waals surface area (Å²) in [5.74, 6) is -0.0608. The Morgan fingerprint density at radius 3 is 2.74 bits per heavy atom. The van der Waals surface area contributed by atoms with Gasteiger partial charge in [0, 0.05) is 18.1 Å². The van der Waals surface area contributed by atoms with Crippen LogP contribution in [0.1, 0.15) is 17.7 Å². The van der Waals surface area contributed by atoms with Gasteiger partial charge in [-0.2, -0.15) is 0 Å². The standard InChI is InChI=1S/C14H16ClNO3/c1-8-10(5-7-12(17)18)16(2)14-11(19-3)6-4-9(15)13(8)14/h4,6H,5,7H2,1-3H3,(H,17,18). The van der Waals surface area contributed by atoms with Crippen molar-refractivity contribution in [2.45, 2.75) is 19.8 Å².